The Bertz CT molecular complexity index is 1060. The van der Waals surface area contributed by atoms with Crippen molar-refractivity contribution in [1.29, 1.82) is 0 Å². The highest BCUT2D eigenvalue weighted by Crippen LogP contribution is 2.57. The maximum absolute atomic E-state index is 14.0. The third-order valence-corrected chi connectivity index (χ3v) is 8.63. The molecule has 1 aliphatic heterocycles. The number of carbonyl (C=O) groups excluding carboxylic acids is 5. The maximum atomic E-state index is 14.0. The van der Waals surface area contributed by atoms with E-state index in [0.717, 1.165) is 26.7 Å². The number of fused-ring (bicyclic) bond motifs is 1. The number of likely N-dealkylation sites (tertiary alicyclic amines) is 1. The molecule has 2 saturated carbocycles. The van der Waals surface area contributed by atoms with Gasteiger partial charge in [-0.05, 0) is 55.3 Å². The summed E-state index contributed by atoms with van der Waals surface area (Å²) in [6, 6.07) is -4.51. The van der Waals surface area contributed by atoms with Gasteiger partial charge in [-0.15, -0.1) is 0 Å². The molecule has 2 aliphatic carbocycles. The number of halogens is 3. The number of primary amides is 1. The van der Waals surface area contributed by atoms with Crippen molar-refractivity contribution in [2.75, 3.05) is 6.54 Å². The van der Waals surface area contributed by atoms with E-state index >= 15 is 0 Å². The molecule has 226 valence electrons. The van der Waals surface area contributed by atoms with Gasteiger partial charge in [-0.25, -0.2) is 4.79 Å². The van der Waals surface area contributed by atoms with Gasteiger partial charge in [0, 0.05) is 6.54 Å². The molecule has 5 atom stereocenters. The summed E-state index contributed by atoms with van der Waals surface area (Å²) in [6.45, 7) is 10.9. The Morgan fingerprint density at radius 1 is 1.00 bits per heavy atom. The molecular weight excluding hydrogens is 531 g/mol. The minimum Gasteiger partial charge on any atom is -0.363 e. The first-order valence-electron chi connectivity index (χ1n) is 13.7. The van der Waals surface area contributed by atoms with Crippen LogP contribution in [0, 0.1) is 28.6 Å². The number of nitrogens with two attached hydrogens (primary N) is 1. The number of hydrogen-bond acceptors (Lipinski definition) is 5. The summed E-state index contributed by atoms with van der Waals surface area (Å²) < 4.78 is 40.1. The molecule has 5 N–H and O–H groups in total. The van der Waals surface area contributed by atoms with E-state index in [9.17, 15) is 37.1 Å². The Morgan fingerprint density at radius 3 is 2.02 bits per heavy atom. The lowest BCUT2D eigenvalue weighted by Gasteiger charge is -2.48. The number of nitrogens with zero attached hydrogens (tertiary/aromatic N) is 1. The van der Waals surface area contributed by atoms with Crippen molar-refractivity contribution in [1.82, 2.24) is 20.9 Å². The standard InChI is InChI=1S/C27H42F3N5O5/c1-24(2,3)19(33-23(40)34-26(6,7)27(28,29)30)22(39)35-12-15-14(11-25(15,4)5)17(35)21(38)32-16(10-13-8-9-13)18(36)20(31)37/h13-17,19H,8-12H2,1-7H3,(H2,31,37)(H,32,38)(H2,33,34,40)/t14-,15-,16?,17-,19+/m0/s1. The lowest BCUT2D eigenvalue weighted by Crippen LogP contribution is -2.63. The van der Waals surface area contributed by atoms with Gasteiger partial charge in [-0.1, -0.05) is 47.5 Å². The van der Waals surface area contributed by atoms with E-state index in [4.69, 9.17) is 5.73 Å². The average molecular weight is 574 g/mol. The minimum atomic E-state index is -4.73. The predicted molar refractivity (Wildman–Crippen MR) is 139 cm³/mol. The van der Waals surface area contributed by atoms with Crippen LogP contribution in [0.15, 0.2) is 0 Å². The Balaban J connectivity index is 1.86. The van der Waals surface area contributed by atoms with E-state index < -0.39 is 64.8 Å². The fraction of sp³-hybridized carbons (Fsp3) is 0.815. The highest BCUT2D eigenvalue weighted by Gasteiger charge is 2.61. The topological polar surface area (TPSA) is 151 Å². The number of hydrogen-bond donors (Lipinski definition) is 4. The van der Waals surface area contributed by atoms with Gasteiger partial charge < -0.3 is 26.6 Å². The van der Waals surface area contributed by atoms with E-state index in [1.54, 1.807) is 20.8 Å². The molecule has 1 saturated heterocycles. The van der Waals surface area contributed by atoms with Gasteiger partial charge in [0.1, 0.15) is 17.6 Å². The highest BCUT2D eigenvalue weighted by atomic mass is 19.4. The van der Waals surface area contributed by atoms with Gasteiger partial charge in [-0.3, -0.25) is 19.2 Å². The van der Waals surface area contributed by atoms with E-state index in [-0.39, 0.29) is 36.1 Å². The zero-order chi connectivity index (χ0) is 30.6. The van der Waals surface area contributed by atoms with Crippen LogP contribution in [0.2, 0.25) is 0 Å². The second-order valence-corrected chi connectivity index (χ2v) is 13.9. The average Bonchev–Trinajstić information content (AvgIpc) is 3.53. The van der Waals surface area contributed by atoms with Gasteiger partial charge in [0.05, 0.1) is 6.04 Å². The van der Waals surface area contributed by atoms with Gasteiger partial charge in [0.2, 0.25) is 17.6 Å². The molecule has 13 heteroatoms. The lowest BCUT2D eigenvalue weighted by atomic mass is 9.55. The van der Waals surface area contributed by atoms with Crippen LogP contribution in [0.5, 0.6) is 0 Å². The Labute approximate surface area is 232 Å². The highest BCUT2D eigenvalue weighted by molar-refractivity contribution is 6.37. The van der Waals surface area contributed by atoms with E-state index in [0.29, 0.717) is 6.42 Å². The Morgan fingerprint density at radius 2 is 1.57 bits per heavy atom. The fourth-order valence-electron chi connectivity index (χ4n) is 5.84. The van der Waals surface area contributed by atoms with Gasteiger partial charge in [-0.2, -0.15) is 13.2 Å². The van der Waals surface area contributed by atoms with E-state index in [1.807, 2.05) is 19.2 Å². The molecule has 1 unspecified atom stereocenters. The smallest absolute Gasteiger partial charge is 0.363 e. The minimum absolute atomic E-state index is 0.0421. The van der Waals surface area contributed by atoms with E-state index in [1.165, 1.54) is 4.90 Å². The molecule has 0 radical (unpaired) electrons. The number of alkyl halides is 3. The van der Waals surface area contributed by atoms with Crippen LogP contribution in [-0.4, -0.2) is 70.8 Å². The SMILES string of the molecule is CC(C)(C)[C@H](NC(=O)NC(C)(C)C(F)(F)F)C(=O)N1C[C@H]2[C@H](CC2(C)C)[C@H]1C(=O)NC(CC1CC1)C(=O)C(N)=O. The molecule has 3 rings (SSSR count). The van der Waals surface area contributed by atoms with Crippen molar-refractivity contribution in [3.8, 4) is 0 Å². The second-order valence-electron chi connectivity index (χ2n) is 13.9. The van der Waals surface area contributed by atoms with Gasteiger partial charge in [0.15, 0.2) is 0 Å². The zero-order valence-electron chi connectivity index (χ0n) is 24.2. The van der Waals surface area contributed by atoms with E-state index in [2.05, 4.69) is 10.6 Å². The lowest BCUT2D eigenvalue weighted by molar-refractivity contribution is -0.182. The molecule has 10 nitrogen and oxygen atoms in total. The summed E-state index contributed by atoms with van der Waals surface area (Å²) in [5, 5.41) is 6.97. The summed E-state index contributed by atoms with van der Waals surface area (Å²) in [5.41, 5.74) is 1.57. The summed E-state index contributed by atoms with van der Waals surface area (Å²) in [6.07, 6.45) is -2.08. The number of urea groups is 1. The van der Waals surface area contributed by atoms with Crippen LogP contribution >= 0.6 is 0 Å². The number of Topliss-reactive ketones (excluding diaryl/α,β-unsaturated/α-hetero) is 1. The molecule has 5 amide bonds. The fourth-order valence-corrected chi connectivity index (χ4v) is 5.84. The molecule has 0 aromatic carbocycles. The van der Waals surface area contributed by atoms with Crippen LogP contribution < -0.4 is 21.7 Å². The molecule has 3 aliphatic rings. The maximum Gasteiger partial charge on any atom is 0.411 e. The Kier molecular flexibility index (Phi) is 8.33. The molecule has 1 heterocycles. The van der Waals surface area contributed by atoms with Crippen LogP contribution in [0.4, 0.5) is 18.0 Å². The predicted octanol–water partition coefficient (Wildman–Crippen LogP) is 2.25. The molecular formula is C27H42F3N5O5. The molecule has 3 fully saturated rings. The van der Waals surface area contributed by atoms with Crippen molar-refractivity contribution in [2.24, 2.45) is 34.3 Å². The van der Waals surface area contributed by atoms with Crippen LogP contribution in [-0.2, 0) is 19.2 Å². The number of rotatable bonds is 9. The monoisotopic (exact) mass is 573 g/mol. The third-order valence-electron chi connectivity index (χ3n) is 8.63. The quantitative estimate of drug-likeness (QED) is 0.312. The summed E-state index contributed by atoms with van der Waals surface area (Å²) in [7, 11) is 0. The largest absolute Gasteiger partial charge is 0.411 e. The van der Waals surface area contributed by atoms with Crippen LogP contribution in [0.3, 0.4) is 0 Å². The van der Waals surface area contributed by atoms with Crippen molar-refractivity contribution >= 4 is 29.5 Å². The van der Waals surface area contributed by atoms with Gasteiger partial charge >= 0.3 is 12.2 Å². The van der Waals surface area contributed by atoms with Crippen molar-refractivity contribution < 1.29 is 37.1 Å². The molecule has 40 heavy (non-hydrogen) atoms. The molecule has 0 bridgehead atoms. The van der Waals surface area contributed by atoms with Crippen molar-refractivity contribution in [3.05, 3.63) is 0 Å². The van der Waals surface area contributed by atoms with Crippen LogP contribution in [0.1, 0.15) is 74.1 Å². The first-order chi connectivity index (χ1) is 18.1. The number of carbonyl (C=O) groups is 5. The first-order valence-corrected chi connectivity index (χ1v) is 13.7. The summed E-state index contributed by atoms with van der Waals surface area (Å²) in [5.74, 6) is -3.33. The van der Waals surface area contributed by atoms with Gasteiger partial charge in [0.25, 0.3) is 5.91 Å². The first kappa shape index (κ1) is 31.7. The number of nitrogens with one attached hydrogen (secondary N) is 3. The van der Waals surface area contributed by atoms with Crippen molar-refractivity contribution in [2.45, 2.75) is 104 Å². The second kappa shape index (κ2) is 10.5. The number of ketones is 1. The Hall–Kier alpha value is -2.86. The summed E-state index contributed by atoms with van der Waals surface area (Å²) in [4.78, 5) is 65.8. The normalized spacial score (nSPS) is 25.6. The molecule has 0 aromatic rings. The van der Waals surface area contributed by atoms with Crippen LogP contribution in [0.25, 0.3) is 0 Å². The number of amides is 5. The summed E-state index contributed by atoms with van der Waals surface area (Å²) >= 11 is 0. The van der Waals surface area contributed by atoms with Crippen molar-refractivity contribution in [3.63, 3.8) is 0 Å². The molecule has 0 aromatic heterocycles. The molecule has 0 spiro atoms. The third kappa shape index (κ3) is 6.54. The zero-order valence-corrected chi connectivity index (χ0v) is 24.2.